The molecule has 9 nitrogen and oxygen atoms in total. The summed E-state index contributed by atoms with van der Waals surface area (Å²) in [5, 5.41) is 6.48. The van der Waals surface area contributed by atoms with Gasteiger partial charge in [-0.15, -0.1) is 0 Å². The Bertz CT molecular complexity index is 1040. The van der Waals surface area contributed by atoms with Crippen molar-refractivity contribution in [3.8, 4) is 5.75 Å². The Kier molecular flexibility index (Phi) is 7.45. The number of ether oxygens (including phenoxy) is 2. The number of carbonyl (C=O) groups is 3. The van der Waals surface area contributed by atoms with Gasteiger partial charge in [-0.25, -0.2) is 0 Å². The number of methoxy groups -OCH3 is 1. The highest BCUT2D eigenvalue weighted by atomic mass is 16.5. The second kappa shape index (κ2) is 10.6. The van der Waals surface area contributed by atoms with Crippen LogP contribution in [0.25, 0.3) is 0 Å². The minimum atomic E-state index is -0.962. The molecular formula is C28H40N4O5. The van der Waals surface area contributed by atoms with E-state index in [0.29, 0.717) is 56.6 Å². The first-order valence-electron chi connectivity index (χ1n) is 13.8. The van der Waals surface area contributed by atoms with Crippen molar-refractivity contribution in [2.24, 2.45) is 11.8 Å². The van der Waals surface area contributed by atoms with Crippen LogP contribution in [0.15, 0.2) is 18.2 Å². The van der Waals surface area contributed by atoms with E-state index in [4.69, 9.17) is 9.47 Å². The zero-order chi connectivity index (χ0) is 26.2. The number of nitrogens with zero attached hydrogens (tertiary/aromatic N) is 2. The predicted molar refractivity (Wildman–Crippen MR) is 141 cm³/mol. The highest BCUT2D eigenvalue weighted by molar-refractivity contribution is 6.04. The van der Waals surface area contributed by atoms with Gasteiger partial charge < -0.3 is 29.9 Å². The maximum atomic E-state index is 13.9. The summed E-state index contributed by atoms with van der Waals surface area (Å²) in [6.07, 6.45) is 6.43. The van der Waals surface area contributed by atoms with Crippen LogP contribution in [-0.4, -0.2) is 68.8 Å². The smallest absolute Gasteiger partial charge is 0.270 e. The first-order valence-corrected chi connectivity index (χ1v) is 13.8. The standard InChI is InChI=1S/C28H40N4O5/c1-28(2)27(35)31(12-5-13-36-3)23-15-22(10-11-24(23)37-28)32(21-8-9-21)26(34)19-14-18(16-29-17-19)25(33)30-20-6-4-7-20/h10-11,15,18-21,29H,4-9,12-14,16-17H2,1-3H3,(H,30,33). The quantitative estimate of drug-likeness (QED) is 0.494. The molecule has 2 aliphatic heterocycles. The lowest BCUT2D eigenvalue weighted by Gasteiger charge is -2.40. The van der Waals surface area contributed by atoms with Crippen LogP contribution in [0.4, 0.5) is 11.4 Å². The second-order valence-electron chi connectivity index (χ2n) is 11.4. The molecule has 0 bridgehead atoms. The van der Waals surface area contributed by atoms with Gasteiger partial charge in [-0.2, -0.15) is 0 Å². The van der Waals surface area contributed by atoms with E-state index in [0.717, 1.165) is 31.4 Å². The number of rotatable bonds is 9. The molecule has 37 heavy (non-hydrogen) atoms. The number of hydrogen-bond acceptors (Lipinski definition) is 6. The zero-order valence-corrected chi connectivity index (χ0v) is 22.3. The molecule has 1 aromatic carbocycles. The van der Waals surface area contributed by atoms with Gasteiger partial charge in [-0.1, -0.05) is 0 Å². The van der Waals surface area contributed by atoms with Crippen LogP contribution in [0.1, 0.15) is 58.8 Å². The maximum absolute atomic E-state index is 13.9. The number of piperidine rings is 1. The lowest BCUT2D eigenvalue weighted by Crippen LogP contribution is -2.53. The van der Waals surface area contributed by atoms with E-state index in [9.17, 15) is 14.4 Å². The molecule has 3 amide bonds. The van der Waals surface area contributed by atoms with E-state index in [1.165, 1.54) is 6.42 Å². The van der Waals surface area contributed by atoms with Gasteiger partial charge in [0.1, 0.15) is 5.75 Å². The summed E-state index contributed by atoms with van der Waals surface area (Å²) in [6, 6.07) is 6.16. The molecule has 0 spiro atoms. The summed E-state index contributed by atoms with van der Waals surface area (Å²) in [4.78, 5) is 43.6. The predicted octanol–water partition coefficient (Wildman–Crippen LogP) is 2.62. The summed E-state index contributed by atoms with van der Waals surface area (Å²) >= 11 is 0. The third-order valence-corrected chi connectivity index (χ3v) is 8.04. The molecule has 2 atom stereocenters. The van der Waals surface area contributed by atoms with Crippen molar-refractivity contribution in [2.75, 3.05) is 43.2 Å². The minimum Gasteiger partial charge on any atom is -0.476 e. The molecular weight excluding hydrogens is 472 g/mol. The highest BCUT2D eigenvalue weighted by Gasteiger charge is 2.43. The average molecular weight is 513 g/mol. The van der Waals surface area contributed by atoms with E-state index >= 15 is 0 Å². The maximum Gasteiger partial charge on any atom is 0.270 e. The molecule has 202 valence electrons. The summed E-state index contributed by atoms with van der Waals surface area (Å²) in [5.41, 5.74) is 0.507. The second-order valence-corrected chi connectivity index (χ2v) is 11.4. The van der Waals surface area contributed by atoms with Gasteiger partial charge in [-0.3, -0.25) is 14.4 Å². The Hall–Kier alpha value is -2.65. The van der Waals surface area contributed by atoms with Crippen molar-refractivity contribution in [3.63, 3.8) is 0 Å². The Morgan fingerprint density at radius 3 is 2.62 bits per heavy atom. The average Bonchev–Trinajstić information content (AvgIpc) is 3.69. The number of amides is 3. The third-order valence-electron chi connectivity index (χ3n) is 8.04. The molecule has 0 aromatic heterocycles. The molecule has 1 saturated heterocycles. The van der Waals surface area contributed by atoms with E-state index < -0.39 is 5.60 Å². The Morgan fingerprint density at radius 1 is 1.19 bits per heavy atom. The van der Waals surface area contributed by atoms with E-state index in [1.807, 2.05) is 23.1 Å². The van der Waals surface area contributed by atoms with Crippen molar-refractivity contribution >= 4 is 29.1 Å². The highest BCUT2D eigenvalue weighted by Crippen LogP contribution is 2.43. The SMILES string of the molecule is COCCCN1C(=O)C(C)(C)Oc2ccc(N(C(=O)C3CNCC(C(=O)NC4CCC4)C3)C3CC3)cc21. The largest absolute Gasteiger partial charge is 0.476 e. The first-order chi connectivity index (χ1) is 17.8. The fourth-order valence-electron chi connectivity index (χ4n) is 5.54. The number of anilines is 2. The van der Waals surface area contributed by atoms with Crippen molar-refractivity contribution in [2.45, 2.75) is 76.5 Å². The molecule has 9 heteroatoms. The molecule has 3 fully saturated rings. The summed E-state index contributed by atoms with van der Waals surface area (Å²) in [7, 11) is 1.65. The fraction of sp³-hybridized carbons (Fsp3) is 0.679. The van der Waals surface area contributed by atoms with Crippen molar-refractivity contribution in [3.05, 3.63) is 18.2 Å². The molecule has 2 saturated carbocycles. The normalized spacial score (nSPS) is 25.1. The summed E-state index contributed by atoms with van der Waals surface area (Å²) in [6.45, 7) is 5.80. The summed E-state index contributed by atoms with van der Waals surface area (Å²) in [5.74, 6) is 0.182. The fourth-order valence-corrected chi connectivity index (χ4v) is 5.54. The Balaban J connectivity index is 1.36. The zero-order valence-electron chi connectivity index (χ0n) is 22.3. The van der Waals surface area contributed by atoms with Gasteiger partial charge in [0.25, 0.3) is 5.91 Å². The first kappa shape index (κ1) is 26.0. The van der Waals surface area contributed by atoms with Crippen LogP contribution < -0.4 is 25.2 Å². The molecule has 1 aromatic rings. The molecule has 2 N–H and O–H groups in total. The monoisotopic (exact) mass is 512 g/mol. The molecule has 2 aliphatic carbocycles. The Morgan fingerprint density at radius 2 is 1.95 bits per heavy atom. The van der Waals surface area contributed by atoms with Crippen molar-refractivity contribution in [1.82, 2.24) is 10.6 Å². The lowest BCUT2D eigenvalue weighted by atomic mass is 9.87. The molecule has 2 unspecified atom stereocenters. The third kappa shape index (κ3) is 5.48. The van der Waals surface area contributed by atoms with E-state index in [2.05, 4.69) is 10.6 Å². The van der Waals surface area contributed by atoms with Crippen molar-refractivity contribution < 1.29 is 23.9 Å². The van der Waals surface area contributed by atoms with E-state index in [-0.39, 0.29) is 35.6 Å². The van der Waals surface area contributed by atoms with Crippen LogP contribution in [0.2, 0.25) is 0 Å². The molecule has 2 heterocycles. The number of hydrogen-bond donors (Lipinski definition) is 2. The lowest BCUT2D eigenvalue weighted by molar-refractivity contribution is -0.132. The topological polar surface area (TPSA) is 100 Å². The van der Waals surface area contributed by atoms with Gasteiger partial charge in [-0.05, 0) is 77.0 Å². The van der Waals surface area contributed by atoms with Gasteiger partial charge >= 0.3 is 0 Å². The van der Waals surface area contributed by atoms with Crippen LogP contribution in [-0.2, 0) is 19.1 Å². The Labute approximate surface area is 219 Å². The number of carbonyl (C=O) groups excluding carboxylic acids is 3. The number of fused-ring (bicyclic) bond motifs is 1. The van der Waals surface area contributed by atoms with Crippen molar-refractivity contribution in [1.29, 1.82) is 0 Å². The van der Waals surface area contributed by atoms with Crippen LogP contribution >= 0.6 is 0 Å². The van der Waals surface area contributed by atoms with Gasteiger partial charge in [0.2, 0.25) is 11.8 Å². The van der Waals surface area contributed by atoms with Crippen LogP contribution in [0, 0.1) is 11.8 Å². The van der Waals surface area contributed by atoms with Crippen LogP contribution in [0.5, 0.6) is 5.75 Å². The van der Waals surface area contributed by atoms with E-state index in [1.54, 1.807) is 25.9 Å². The summed E-state index contributed by atoms with van der Waals surface area (Å²) < 4.78 is 11.3. The van der Waals surface area contributed by atoms with Gasteiger partial charge in [0.05, 0.1) is 17.5 Å². The molecule has 4 aliphatic rings. The molecule has 0 radical (unpaired) electrons. The van der Waals surface area contributed by atoms with Gasteiger partial charge in [0, 0.05) is 51.1 Å². The minimum absolute atomic E-state index is 0.0467. The number of benzene rings is 1. The number of nitrogens with one attached hydrogen (secondary N) is 2. The molecule has 5 rings (SSSR count). The van der Waals surface area contributed by atoms with Crippen LogP contribution in [0.3, 0.4) is 0 Å². The van der Waals surface area contributed by atoms with Gasteiger partial charge in [0.15, 0.2) is 5.60 Å².